The summed E-state index contributed by atoms with van der Waals surface area (Å²) in [7, 11) is 0. The molecule has 1 aliphatic rings. The largest absolute Gasteiger partial charge is 0.401 e. The predicted molar refractivity (Wildman–Crippen MR) is 56.2 cm³/mol. The van der Waals surface area contributed by atoms with Gasteiger partial charge in [-0.25, -0.2) is 4.39 Å². The molecule has 1 aromatic carbocycles. The van der Waals surface area contributed by atoms with Crippen LogP contribution < -0.4 is 11.1 Å². The average Bonchev–Trinajstić information content (AvgIpc) is 2.21. The number of hydrogen-bond donors (Lipinski definition) is 2. The Morgan fingerprint density at radius 3 is 2.21 bits per heavy atom. The number of rotatable bonds is 0. The molecule has 0 atom stereocenters. The summed E-state index contributed by atoms with van der Waals surface area (Å²) in [6, 6.07) is 7.94. The van der Waals surface area contributed by atoms with Crippen molar-refractivity contribution in [2.75, 3.05) is 13.1 Å². The fraction of sp³-hybridized carbons (Fsp3) is 0.273. The molecule has 14 heavy (non-hydrogen) atoms. The third-order valence-electron chi connectivity index (χ3n) is 1.79. The SMILES string of the molecule is Fc1ccccc1.NC1=CCCNC1. The fourth-order valence-corrected chi connectivity index (χ4v) is 1.08. The first-order valence-corrected chi connectivity index (χ1v) is 4.65. The van der Waals surface area contributed by atoms with Crippen LogP contribution in [-0.2, 0) is 0 Å². The highest BCUT2D eigenvalue weighted by atomic mass is 19.1. The molecule has 0 unspecified atom stereocenters. The average molecular weight is 194 g/mol. The minimum atomic E-state index is -0.178. The summed E-state index contributed by atoms with van der Waals surface area (Å²) in [5.41, 5.74) is 6.41. The van der Waals surface area contributed by atoms with E-state index >= 15 is 0 Å². The first kappa shape index (κ1) is 10.7. The quantitative estimate of drug-likeness (QED) is 0.659. The van der Waals surface area contributed by atoms with E-state index in [0.717, 1.165) is 25.2 Å². The molecule has 1 aromatic rings. The Morgan fingerprint density at radius 1 is 1.21 bits per heavy atom. The van der Waals surface area contributed by atoms with E-state index < -0.39 is 0 Å². The molecular formula is C11H15FN2. The van der Waals surface area contributed by atoms with Gasteiger partial charge in [0.25, 0.3) is 0 Å². The third kappa shape index (κ3) is 4.62. The predicted octanol–water partition coefficient (Wildman–Crippen LogP) is 1.65. The summed E-state index contributed by atoms with van der Waals surface area (Å²) in [6.45, 7) is 1.96. The van der Waals surface area contributed by atoms with Gasteiger partial charge in [0.05, 0.1) is 0 Å². The molecule has 0 aliphatic carbocycles. The van der Waals surface area contributed by atoms with Crippen LogP contribution in [0.25, 0.3) is 0 Å². The van der Waals surface area contributed by atoms with Gasteiger partial charge in [0, 0.05) is 12.2 Å². The molecule has 0 amide bonds. The molecule has 0 radical (unpaired) electrons. The van der Waals surface area contributed by atoms with Crippen molar-refractivity contribution < 1.29 is 4.39 Å². The second kappa shape index (κ2) is 6.16. The van der Waals surface area contributed by atoms with Gasteiger partial charge in [0.15, 0.2) is 0 Å². The summed E-state index contributed by atoms with van der Waals surface area (Å²) in [5.74, 6) is -0.178. The first-order valence-electron chi connectivity index (χ1n) is 4.65. The molecule has 76 valence electrons. The van der Waals surface area contributed by atoms with Crippen LogP contribution in [0.1, 0.15) is 6.42 Å². The van der Waals surface area contributed by atoms with Gasteiger partial charge in [-0.1, -0.05) is 24.3 Å². The number of nitrogens with one attached hydrogen (secondary N) is 1. The van der Waals surface area contributed by atoms with Crippen molar-refractivity contribution >= 4 is 0 Å². The Hall–Kier alpha value is -1.35. The summed E-state index contributed by atoms with van der Waals surface area (Å²) < 4.78 is 11.9. The number of nitrogens with two attached hydrogens (primary N) is 1. The van der Waals surface area contributed by atoms with Crippen LogP contribution in [-0.4, -0.2) is 13.1 Å². The topological polar surface area (TPSA) is 38.0 Å². The smallest absolute Gasteiger partial charge is 0.123 e. The highest BCUT2D eigenvalue weighted by molar-refractivity contribution is 5.02. The van der Waals surface area contributed by atoms with Gasteiger partial charge in [-0.2, -0.15) is 0 Å². The van der Waals surface area contributed by atoms with Crippen LogP contribution in [0.2, 0.25) is 0 Å². The van der Waals surface area contributed by atoms with Crippen molar-refractivity contribution in [2.24, 2.45) is 5.73 Å². The van der Waals surface area contributed by atoms with Gasteiger partial charge < -0.3 is 11.1 Å². The van der Waals surface area contributed by atoms with E-state index in [0.29, 0.717) is 0 Å². The molecule has 0 saturated carbocycles. The minimum absolute atomic E-state index is 0.178. The Kier molecular flexibility index (Phi) is 4.72. The van der Waals surface area contributed by atoms with Crippen molar-refractivity contribution in [1.82, 2.24) is 5.32 Å². The van der Waals surface area contributed by atoms with E-state index in [-0.39, 0.29) is 5.82 Å². The first-order chi connectivity index (χ1) is 6.79. The van der Waals surface area contributed by atoms with Crippen molar-refractivity contribution in [2.45, 2.75) is 6.42 Å². The van der Waals surface area contributed by atoms with Crippen molar-refractivity contribution in [3.63, 3.8) is 0 Å². The molecule has 1 aliphatic heterocycles. The maximum Gasteiger partial charge on any atom is 0.123 e. The molecule has 0 spiro atoms. The van der Waals surface area contributed by atoms with Gasteiger partial charge in [-0.15, -0.1) is 0 Å². The summed E-state index contributed by atoms with van der Waals surface area (Å²) >= 11 is 0. The van der Waals surface area contributed by atoms with Crippen LogP contribution in [0.4, 0.5) is 4.39 Å². The Labute approximate surface area is 83.6 Å². The normalized spacial score (nSPS) is 15.1. The molecule has 3 heteroatoms. The molecular weight excluding hydrogens is 179 g/mol. The lowest BCUT2D eigenvalue weighted by Gasteiger charge is -2.08. The monoisotopic (exact) mass is 194 g/mol. The molecule has 0 bridgehead atoms. The van der Waals surface area contributed by atoms with E-state index in [1.807, 2.05) is 0 Å². The Morgan fingerprint density at radius 2 is 1.93 bits per heavy atom. The lowest BCUT2D eigenvalue weighted by Crippen LogP contribution is -2.25. The van der Waals surface area contributed by atoms with Gasteiger partial charge in [0.1, 0.15) is 5.82 Å². The van der Waals surface area contributed by atoms with Crippen molar-refractivity contribution in [1.29, 1.82) is 0 Å². The van der Waals surface area contributed by atoms with E-state index in [4.69, 9.17) is 5.73 Å². The highest BCUT2D eigenvalue weighted by Gasteiger charge is 1.94. The van der Waals surface area contributed by atoms with Crippen LogP contribution in [0.3, 0.4) is 0 Å². The van der Waals surface area contributed by atoms with Crippen LogP contribution in [0, 0.1) is 5.82 Å². The second-order valence-electron chi connectivity index (χ2n) is 3.04. The molecule has 0 fully saturated rings. The molecule has 3 N–H and O–H groups in total. The zero-order chi connectivity index (χ0) is 10.2. The lowest BCUT2D eigenvalue weighted by molar-refractivity contribution is 0.628. The van der Waals surface area contributed by atoms with Crippen molar-refractivity contribution in [3.05, 3.63) is 47.9 Å². The molecule has 1 heterocycles. The number of hydrogen-bond acceptors (Lipinski definition) is 2. The number of benzene rings is 1. The Bertz CT molecular complexity index is 283. The Balaban J connectivity index is 0.000000140. The standard InChI is InChI=1S/C6H5F.C5H10N2/c7-6-4-2-1-3-5-6;6-5-2-1-3-7-4-5/h1-5H;2,7H,1,3-4,6H2. The second-order valence-corrected chi connectivity index (χ2v) is 3.04. The summed E-state index contributed by atoms with van der Waals surface area (Å²) in [6.07, 6.45) is 3.16. The van der Waals surface area contributed by atoms with Crippen LogP contribution >= 0.6 is 0 Å². The van der Waals surface area contributed by atoms with E-state index in [1.54, 1.807) is 18.2 Å². The number of halogens is 1. The zero-order valence-electron chi connectivity index (χ0n) is 8.04. The van der Waals surface area contributed by atoms with Crippen molar-refractivity contribution in [3.8, 4) is 0 Å². The summed E-state index contributed by atoms with van der Waals surface area (Å²) in [5, 5.41) is 3.14. The van der Waals surface area contributed by atoms with Crippen LogP contribution in [0.5, 0.6) is 0 Å². The minimum Gasteiger partial charge on any atom is -0.401 e. The van der Waals surface area contributed by atoms with Gasteiger partial charge in [0.2, 0.25) is 0 Å². The maximum absolute atomic E-state index is 11.9. The molecule has 0 aromatic heterocycles. The molecule has 2 nitrogen and oxygen atoms in total. The molecule has 0 saturated heterocycles. The van der Waals surface area contributed by atoms with E-state index in [2.05, 4.69) is 11.4 Å². The van der Waals surface area contributed by atoms with E-state index in [1.165, 1.54) is 12.1 Å². The maximum atomic E-state index is 11.9. The zero-order valence-corrected chi connectivity index (χ0v) is 8.04. The van der Waals surface area contributed by atoms with Gasteiger partial charge in [-0.05, 0) is 25.1 Å². The van der Waals surface area contributed by atoms with Gasteiger partial charge >= 0.3 is 0 Å². The van der Waals surface area contributed by atoms with E-state index in [9.17, 15) is 4.39 Å². The third-order valence-corrected chi connectivity index (χ3v) is 1.79. The highest BCUT2D eigenvalue weighted by Crippen LogP contribution is 1.92. The summed E-state index contributed by atoms with van der Waals surface area (Å²) in [4.78, 5) is 0. The molecule has 2 rings (SSSR count). The lowest BCUT2D eigenvalue weighted by atomic mass is 10.2. The fourth-order valence-electron chi connectivity index (χ4n) is 1.08. The van der Waals surface area contributed by atoms with Crippen LogP contribution in [0.15, 0.2) is 42.1 Å². The van der Waals surface area contributed by atoms with Gasteiger partial charge in [-0.3, -0.25) is 0 Å².